The Morgan fingerprint density at radius 1 is 1.33 bits per heavy atom. The average Bonchev–Trinajstić information content (AvgIpc) is 2.88. The molecule has 0 bridgehead atoms. The lowest BCUT2D eigenvalue weighted by Crippen LogP contribution is -2.18. The largest absolute Gasteiger partial charge is 0.364 e. The summed E-state index contributed by atoms with van der Waals surface area (Å²) in [5.41, 5.74) is 7.20. The second-order valence-electron chi connectivity index (χ2n) is 5.28. The Kier molecular flexibility index (Phi) is 3.05. The van der Waals surface area contributed by atoms with E-state index in [1.165, 1.54) is 0 Å². The number of aromatic amines is 1. The molecule has 3 aromatic rings. The summed E-state index contributed by atoms with van der Waals surface area (Å²) in [5.74, 6) is -0.519. The second-order valence-corrected chi connectivity index (χ2v) is 5.28. The molecule has 5 nitrogen and oxygen atoms in total. The maximum absolute atomic E-state index is 12.3. The number of carbonyl (C=O) groups excluding carboxylic acids is 1. The average molecular weight is 283 g/mol. The third kappa shape index (κ3) is 1.93. The van der Waals surface area contributed by atoms with E-state index in [0.717, 1.165) is 22.8 Å². The fourth-order valence-electron chi connectivity index (χ4n) is 2.79. The number of amides is 1. The molecule has 0 aliphatic heterocycles. The zero-order valence-electron chi connectivity index (χ0n) is 12.0. The summed E-state index contributed by atoms with van der Waals surface area (Å²) in [4.78, 5) is 26.9. The fraction of sp³-hybridized carbons (Fsp3) is 0.250. The molecule has 0 aliphatic carbocycles. The smallest absolute Gasteiger partial charge is 0.265 e. The number of rotatable bonds is 3. The van der Waals surface area contributed by atoms with Crippen LogP contribution >= 0.6 is 0 Å². The number of hydrogen-bond donors (Lipinski definition) is 2. The summed E-state index contributed by atoms with van der Waals surface area (Å²) >= 11 is 0. The number of hydrogen-bond acceptors (Lipinski definition) is 2. The topological polar surface area (TPSA) is 80.9 Å². The van der Waals surface area contributed by atoms with Gasteiger partial charge in [-0.05, 0) is 25.5 Å². The molecular weight excluding hydrogens is 266 g/mol. The molecule has 1 aromatic carbocycles. The Morgan fingerprint density at radius 3 is 2.71 bits per heavy atom. The van der Waals surface area contributed by atoms with Gasteiger partial charge >= 0.3 is 0 Å². The van der Waals surface area contributed by atoms with Crippen molar-refractivity contribution in [1.29, 1.82) is 0 Å². The number of nitrogens with zero attached hydrogens (tertiary/aromatic N) is 1. The third-order valence-electron chi connectivity index (χ3n) is 4.00. The Morgan fingerprint density at radius 2 is 2.05 bits per heavy atom. The number of pyridine rings is 1. The molecule has 0 fully saturated rings. The van der Waals surface area contributed by atoms with Crippen LogP contribution in [0.2, 0.25) is 0 Å². The minimum absolute atomic E-state index is 0.0789. The quantitative estimate of drug-likeness (QED) is 0.774. The Labute approximate surface area is 121 Å². The molecule has 1 atom stereocenters. The lowest BCUT2D eigenvalue weighted by molar-refractivity contribution is 0.0990. The predicted octanol–water partition coefficient (Wildman–Crippen LogP) is 2.55. The van der Waals surface area contributed by atoms with Crippen LogP contribution in [0.15, 0.2) is 35.1 Å². The van der Waals surface area contributed by atoms with Crippen molar-refractivity contribution in [1.82, 2.24) is 9.55 Å². The third-order valence-corrected chi connectivity index (χ3v) is 4.00. The number of benzene rings is 1. The van der Waals surface area contributed by atoms with Gasteiger partial charge < -0.3 is 15.3 Å². The molecule has 1 unspecified atom stereocenters. The standard InChI is InChI=1S/C16H17N3O2/c1-3-9(2)19-13(15(17)20)8-11-14(19)10-6-4-5-7-12(10)18-16(11)21/h4-9H,3H2,1-2H3,(H2,17,20)(H,18,21). The minimum Gasteiger partial charge on any atom is -0.364 e. The van der Waals surface area contributed by atoms with Crippen LogP contribution in [0.4, 0.5) is 0 Å². The number of carbonyl (C=O) groups is 1. The molecule has 2 aromatic heterocycles. The van der Waals surface area contributed by atoms with Gasteiger partial charge in [-0.25, -0.2) is 0 Å². The highest BCUT2D eigenvalue weighted by atomic mass is 16.1. The van der Waals surface area contributed by atoms with Crippen LogP contribution in [0.5, 0.6) is 0 Å². The maximum atomic E-state index is 12.3. The van der Waals surface area contributed by atoms with Crippen molar-refractivity contribution in [3.63, 3.8) is 0 Å². The van der Waals surface area contributed by atoms with Gasteiger partial charge in [0.2, 0.25) is 0 Å². The molecule has 108 valence electrons. The Balaban J connectivity index is 2.58. The lowest BCUT2D eigenvalue weighted by atomic mass is 10.1. The van der Waals surface area contributed by atoms with Crippen molar-refractivity contribution in [2.24, 2.45) is 5.73 Å². The highest BCUT2D eigenvalue weighted by Gasteiger charge is 2.20. The Bertz CT molecular complexity index is 905. The normalized spacial score (nSPS) is 12.9. The minimum atomic E-state index is -0.519. The zero-order chi connectivity index (χ0) is 15.1. The van der Waals surface area contributed by atoms with Gasteiger partial charge in [-0.1, -0.05) is 25.1 Å². The molecule has 5 heteroatoms. The number of nitrogens with two attached hydrogens (primary N) is 1. The molecule has 0 saturated heterocycles. The predicted molar refractivity (Wildman–Crippen MR) is 83.6 cm³/mol. The Hall–Kier alpha value is -2.56. The van der Waals surface area contributed by atoms with Gasteiger partial charge in [0.15, 0.2) is 0 Å². The molecule has 0 aliphatic rings. The van der Waals surface area contributed by atoms with Gasteiger partial charge in [0.25, 0.3) is 11.5 Å². The number of primary amides is 1. The van der Waals surface area contributed by atoms with E-state index in [1.807, 2.05) is 42.7 Å². The van der Waals surface area contributed by atoms with Crippen molar-refractivity contribution in [2.45, 2.75) is 26.3 Å². The van der Waals surface area contributed by atoms with Crippen molar-refractivity contribution in [3.05, 3.63) is 46.4 Å². The van der Waals surface area contributed by atoms with Crippen LogP contribution in [-0.4, -0.2) is 15.5 Å². The lowest BCUT2D eigenvalue weighted by Gasteiger charge is -2.16. The number of H-pyrrole nitrogens is 1. The summed E-state index contributed by atoms with van der Waals surface area (Å²) in [6.07, 6.45) is 0.838. The highest BCUT2D eigenvalue weighted by molar-refractivity contribution is 6.07. The van der Waals surface area contributed by atoms with E-state index in [4.69, 9.17) is 5.73 Å². The monoisotopic (exact) mass is 283 g/mol. The van der Waals surface area contributed by atoms with E-state index in [2.05, 4.69) is 4.98 Å². The molecular formula is C16H17N3O2. The first-order valence-electron chi connectivity index (χ1n) is 7.00. The van der Waals surface area contributed by atoms with Crippen molar-refractivity contribution in [2.75, 3.05) is 0 Å². The first kappa shape index (κ1) is 13.4. The number of aromatic nitrogens is 2. The van der Waals surface area contributed by atoms with Gasteiger partial charge in [-0.15, -0.1) is 0 Å². The summed E-state index contributed by atoms with van der Waals surface area (Å²) in [6.45, 7) is 4.05. The van der Waals surface area contributed by atoms with Gasteiger partial charge in [-0.2, -0.15) is 0 Å². The van der Waals surface area contributed by atoms with Crippen LogP contribution in [0.1, 0.15) is 36.8 Å². The van der Waals surface area contributed by atoms with E-state index in [1.54, 1.807) is 6.07 Å². The first-order valence-corrected chi connectivity index (χ1v) is 7.00. The molecule has 3 rings (SSSR count). The molecule has 1 amide bonds. The van der Waals surface area contributed by atoms with Gasteiger partial charge in [0.1, 0.15) is 5.69 Å². The SMILES string of the molecule is CCC(C)n1c(C(N)=O)cc2c(=O)[nH]c3ccccc3c21. The summed E-state index contributed by atoms with van der Waals surface area (Å²) in [7, 11) is 0. The van der Waals surface area contributed by atoms with Crippen LogP contribution in [0, 0.1) is 0 Å². The molecule has 2 heterocycles. The first-order chi connectivity index (χ1) is 10.0. The second kappa shape index (κ2) is 4.77. The molecule has 0 radical (unpaired) electrons. The molecule has 3 N–H and O–H groups in total. The van der Waals surface area contributed by atoms with Crippen molar-refractivity contribution >= 4 is 27.7 Å². The van der Waals surface area contributed by atoms with E-state index >= 15 is 0 Å². The number of fused-ring (bicyclic) bond motifs is 3. The summed E-state index contributed by atoms with van der Waals surface area (Å²) < 4.78 is 1.88. The zero-order valence-corrected chi connectivity index (χ0v) is 12.0. The van der Waals surface area contributed by atoms with Crippen LogP contribution in [0.3, 0.4) is 0 Å². The number of para-hydroxylation sites is 1. The van der Waals surface area contributed by atoms with E-state index in [-0.39, 0.29) is 11.6 Å². The molecule has 21 heavy (non-hydrogen) atoms. The maximum Gasteiger partial charge on any atom is 0.265 e. The highest BCUT2D eigenvalue weighted by Crippen LogP contribution is 2.28. The summed E-state index contributed by atoms with van der Waals surface area (Å²) in [6, 6.07) is 9.25. The van der Waals surface area contributed by atoms with Crippen molar-refractivity contribution < 1.29 is 4.79 Å². The van der Waals surface area contributed by atoms with E-state index < -0.39 is 5.91 Å². The van der Waals surface area contributed by atoms with Crippen molar-refractivity contribution in [3.8, 4) is 0 Å². The van der Waals surface area contributed by atoms with E-state index in [0.29, 0.717) is 11.1 Å². The molecule has 0 spiro atoms. The molecule has 0 saturated carbocycles. The van der Waals surface area contributed by atoms with E-state index in [9.17, 15) is 9.59 Å². The van der Waals surface area contributed by atoms with Crippen LogP contribution in [-0.2, 0) is 0 Å². The number of nitrogens with one attached hydrogen (secondary N) is 1. The fourth-order valence-corrected chi connectivity index (χ4v) is 2.79. The van der Waals surface area contributed by atoms with Gasteiger partial charge in [0.05, 0.1) is 16.4 Å². The van der Waals surface area contributed by atoms with Gasteiger partial charge in [0, 0.05) is 11.4 Å². The summed E-state index contributed by atoms with van der Waals surface area (Å²) in [5, 5.41) is 1.42. The van der Waals surface area contributed by atoms with Crippen LogP contribution < -0.4 is 11.3 Å². The van der Waals surface area contributed by atoms with Gasteiger partial charge in [-0.3, -0.25) is 9.59 Å². The van der Waals surface area contributed by atoms with Crippen LogP contribution in [0.25, 0.3) is 21.8 Å².